The molecule has 0 aliphatic carbocycles. The molecule has 0 unspecified atom stereocenters. The Balaban J connectivity index is 1.90. The number of carbonyl (C=O) groups is 1. The van der Waals surface area contributed by atoms with Crippen molar-refractivity contribution in [1.82, 2.24) is 9.97 Å². The number of nitrogens with zero attached hydrogens (tertiary/aromatic N) is 2. The Morgan fingerprint density at radius 2 is 2.24 bits per heavy atom. The zero-order chi connectivity index (χ0) is 15.1. The minimum absolute atomic E-state index is 0.294. The van der Waals surface area contributed by atoms with E-state index in [1.54, 1.807) is 30.5 Å². The van der Waals surface area contributed by atoms with E-state index in [1.165, 1.54) is 0 Å². The molecule has 6 nitrogen and oxygen atoms in total. The Bertz CT molecular complexity index is 617. The monoisotopic (exact) mass is 287 g/mol. The van der Waals surface area contributed by atoms with Crippen molar-refractivity contribution >= 4 is 11.9 Å². The van der Waals surface area contributed by atoms with Gasteiger partial charge in [-0.05, 0) is 31.0 Å². The number of benzene rings is 1. The van der Waals surface area contributed by atoms with E-state index >= 15 is 0 Å². The third-order valence-corrected chi connectivity index (χ3v) is 2.79. The number of nitrogens with one attached hydrogen (secondary N) is 1. The molecule has 6 heteroatoms. The molecule has 1 heterocycles. The van der Waals surface area contributed by atoms with Crippen molar-refractivity contribution in [2.45, 2.75) is 13.3 Å². The number of anilines is 1. The number of hydrogen-bond donors (Lipinski definition) is 2. The summed E-state index contributed by atoms with van der Waals surface area (Å²) in [5.41, 5.74) is 1.24. The second kappa shape index (κ2) is 7.23. The first-order valence-corrected chi connectivity index (χ1v) is 6.71. The molecule has 0 aliphatic heterocycles. The van der Waals surface area contributed by atoms with E-state index in [0.29, 0.717) is 37.0 Å². The van der Waals surface area contributed by atoms with Gasteiger partial charge in [0, 0.05) is 18.8 Å². The van der Waals surface area contributed by atoms with Crippen LogP contribution < -0.4 is 10.1 Å². The summed E-state index contributed by atoms with van der Waals surface area (Å²) in [7, 11) is 0. The summed E-state index contributed by atoms with van der Waals surface area (Å²) in [5.74, 6) is 0.107. The van der Waals surface area contributed by atoms with Crippen LogP contribution in [0.15, 0.2) is 36.5 Å². The van der Waals surface area contributed by atoms with E-state index in [1.807, 2.05) is 13.0 Å². The summed E-state index contributed by atoms with van der Waals surface area (Å²) in [6.45, 7) is 3.06. The van der Waals surface area contributed by atoms with Crippen LogP contribution in [0.1, 0.15) is 22.8 Å². The van der Waals surface area contributed by atoms with Crippen molar-refractivity contribution in [2.24, 2.45) is 0 Å². The van der Waals surface area contributed by atoms with E-state index in [9.17, 15) is 4.79 Å². The summed E-state index contributed by atoms with van der Waals surface area (Å²) in [4.78, 5) is 19.2. The largest absolute Gasteiger partial charge is 0.478 e. The van der Waals surface area contributed by atoms with Gasteiger partial charge < -0.3 is 15.2 Å². The minimum atomic E-state index is -0.919. The highest BCUT2D eigenvalue weighted by Gasteiger charge is 2.03. The lowest BCUT2D eigenvalue weighted by Crippen LogP contribution is -2.09. The number of aromatic nitrogens is 2. The van der Waals surface area contributed by atoms with Crippen molar-refractivity contribution in [3.63, 3.8) is 0 Å². The first kappa shape index (κ1) is 14.8. The molecule has 1 aromatic heterocycles. The van der Waals surface area contributed by atoms with E-state index in [4.69, 9.17) is 9.84 Å². The van der Waals surface area contributed by atoms with E-state index in [2.05, 4.69) is 15.3 Å². The fourth-order valence-electron chi connectivity index (χ4n) is 1.83. The Morgan fingerprint density at radius 3 is 3.00 bits per heavy atom. The van der Waals surface area contributed by atoms with Crippen LogP contribution in [-0.4, -0.2) is 34.2 Å². The Morgan fingerprint density at radius 1 is 1.38 bits per heavy atom. The maximum Gasteiger partial charge on any atom is 0.335 e. The maximum atomic E-state index is 10.9. The van der Waals surface area contributed by atoms with Gasteiger partial charge in [0.25, 0.3) is 0 Å². The second-order valence-corrected chi connectivity index (χ2v) is 4.33. The molecule has 0 saturated heterocycles. The molecular formula is C15H17N3O3. The summed E-state index contributed by atoms with van der Waals surface area (Å²) in [6, 6.07) is 8.58. The van der Waals surface area contributed by atoms with Gasteiger partial charge in [-0.2, -0.15) is 4.98 Å². The maximum absolute atomic E-state index is 10.9. The lowest BCUT2D eigenvalue weighted by molar-refractivity contribution is 0.0696. The molecule has 0 amide bonds. The van der Waals surface area contributed by atoms with Crippen LogP contribution in [0.5, 0.6) is 5.88 Å². The van der Waals surface area contributed by atoms with E-state index < -0.39 is 5.97 Å². The zero-order valence-electron chi connectivity index (χ0n) is 11.7. The Labute approximate surface area is 122 Å². The van der Waals surface area contributed by atoms with Gasteiger partial charge in [0.2, 0.25) is 11.8 Å². The number of ether oxygens (including phenoxy) is 1. The number of carboxylic acid groups (broad SMARTS) is 1. The van der Waals surface area contributed by atoms with Gasteiger partial charge in [0.1, 0.15) is 0 Å². The molecule has 0 aliphatic rings. The molecule has 0 spiro atoms. The second-order valence-electron chi connectivity index (χ2n) is 4.33. The van der Waals surface area contributed by atoms with Crippen LogP contribution in [0, 0.1) is 0 Å². The molecule has 0 saturated carbocycles. The lowest BCUT2D eigenvalue weighted by atomic mass is 10.1. The number of rotatable bonds is 7. The third kappa shape index (κ3) is 4.45. The highest BCUT2D eigenvalue weighted by molar-refractivity contribution is 5.87. The average Bonchev–Trinajstić information content (AvgIpc) is 2.48. The topological polar surface area (TPSA) is 84.3 Å². The lowest BCUT2D eigenvalue weighted by Gasteiger charge is -2.07. The summed E-state index contributed by atoms with van der Waals surface area (Å²) < 4.78 is 5.30. The first-order chi connectivity index (χ1) is 10.2. The van der Waals surface area contributed by atoms with Gasteiger partial charge >= 0.3 is 5.97 Å². The van der Waals surface area contributed by atoms with Gasteiger partial charge in [-0.3, -0.25) is 0 Å². The smallest absolute Gasteiger partial charge is 0.335 e. The van der Waals surface area contributed by atoms with Crippen LogP contribution in [-0.2, 0) is 6.42 Å². The SMILES string of the molecule is CCOc1ccnc(NCCc2cccc(C(=O)O)c2)n1. The standard InChI is InChI=1S/C15H17N3O3/c1-2-21-13-7-9-17-15(18-13)16-8-6-11-4-3-5-12(10-11)14(19)20/h3-5,7,9-10H,2,6,8H2,1H3,(H,19,20)(H,16,17,18). The molecule has 0 radical (unpaired) electrons. The van der Waals surface area contributed by atoms with Gasteiger partial charge in [0.05, 0.1) is 12.2 Å². The predicted octanol–water partition coefficient (Wildman–Crippen LogP) is 2.23. The fourth-order valence-corrected chi connectivity index (χ4v) is 1.83. The number of hydrogen-bond acceptors (Lipinski definition) is 5. The number of carboxylic acids is 1. The van der Waals surface area contributed by atoms with Crippen molar-refractivity contribution in [3.8, 4) is 5.88 Å². The molecule has 21 heavy (non-hydrogen) atoms. The molecule has 0 atom stereocenters. The molecule has 0 bridgehead atoms. The highest BCUT2D eigenvalue weighted by Crippen LogP contribution is 2.09. The van der Waals surface area contributed by atoms with Gasteiger partial charge in [-0.15, -0.1) is 0 Å². The molecule has 2 rings (SSSR count). The first-order valence-electron chi connectivity index (χ1n) is 6.71. The average molecular weight is 287 g/mol. The molecule has 2 N–H and O–H groups in total. The van der Waals surface area contributed by atoms with Crippen molar-refractivity contribution in [1.29, 1.82) is 0 Å². The highest BCUT2D eigenvalue weighted by atomic mass is 16.5. The number of aromatic carboxylic acids is 1. The van der Waals surface area contributed by atoms with Crippen LogP contribution in [0.25, 0.3) is 0 Å². The molecule has 1 aromatic carbocycles. The summed E-state index contributed by atoms with van der Waals surface area (Å²) in [6.07, 6.45) is 2.31. The van der Waals surface area contributed by atoms with Crippen LogP contribution in [0.2, 0.25) is 0 Å². The zero-order valence-corrected chi connectivity index (χ0v) is 11.7. The Hall–Kier alpha value is -2.63. The van der Waals surface area contributed by atoms with E-state index in [0.717, 1.165) is 5.56 Å². The predicted molar refractivity (Wildman–Crippen MR) is 78.8 cm³/mol. The molecule has 0 fully saturated rings. The normalized spacial score (nSPS) is 10.1. The van der Waals surface area contributed by atoms with Gasteiger partial charge in [0.15, 0.2) is 0 Å². The van der Waals surface area contributed by atoms with Crippen LogP contribution in [0.4, 0.5) is 5.95 Å². The van der Waals surface area contributed by atoms with Crippen LogP contribution >= 0.6 is 0 Å². The minimum Gasteiger partial charge on any atom is -0.478 e. The third-order valence-electron chi connectivity index (χ3n) is 2.79. The van der Waals surface area contributed by atoms with Gasteiger partial charge in [-0.1, -0.05) is 12.1 Å². The Kier molecular flexibility index (Phi) is 5.09. The molecular weight excluding hydrogens is 270 g/mol. The fraction of sp³-hybridized carbons (Fsp3) is 0.267. The summed E-state index contributed by atoms with van der Waals surface area (Å²) in [5, 5.41) is 12.0. The quantitative estimate of drug-likeness (QED) is 0.812. The van der Waals surface area contributed by atoms with Gasteiger partial charge in [-0.25, -0.2) is 9.78 Å². The van der Waals surface area contributed by atoms with Crippen LogP contribution in [0.3, 0.4) is 0 Å². The molecule has 2 aromatic rings. The van der Waals surface area contributed by atoms with Crippen molar-refractivity contribution in [3.05, 3.63) is 47.7 Å². The van der Waals surface area contributed by atoms with Crippen molar-refractivity contribution < 1.29 is 14.6 Å². The van der Waals surface area contributed by atoms with E-state index in [-0.39, 0.29) is 0 Å². The summed E-state index contributed by atoms with van der Waals surface area (Å²) >= 11 is 0. The molecule has 110 valence electrons. The van der Waals surface area contributed by atoms with Crippen molar-refractivity contribution in [2.75, 3.05) is 18.5 Å².